The van der Waals surface area contributed by atoms with Gasteiger partial charge in [-0.05, 0) is 36.8 Å². The summed E-state index contributed by atoms with van der Waals surface area (Å²) in [6.45, 7) is 1.74. The van der Waals surface area contributed by atoms with Crippen LogP contribution >= 0.6 is 22.9 Å². The fourth-order valence-electron chi connectivity index (χ4n) is 3.58. The van der Waals surface area contributed by atoms with Gasteiger partial charge in [0, 0.05) is 10.6 Å². The second-order valence-corrected chi connectivity index (χ2v) is 8.31. The van der Waals surface area contributed by atoms with E-state index in [1.54, 1.807) is 44.4 Å². The molecule has 4 rings (SSSR count). The van der Waals surface area contributed by atoms with Gasteiger partial charge in [-0.25, -0.2) is 9.79 Å². The summed E-state index contributed by atoms with van der Waals surface area (Å²) in [6.07, 6.45) is 1.78. The lowest BCUT2D eigenvalue weighted by Crippen LogP contribution is -2.39. The van der Waals surface area contributed by atoms with Crippen LogP contribution in [0.2, 0.25) is 5.02 Å². The Balaban J connectivity index is 1.98. The minimum Gasteiger partial charge on any atom is -0.496 e. The molecular formula is C23H19ClN2O4S. The largest absolute Gasteiger partial charge is 0.496 e. The third kappa shape index (κ3) is 3.82. The maximum absolute atomic E-state index is 13.5. The Hall–Kier alpha value is -3.16. The normalized spacial score (nSPS) is 16.0. The van der Waals surface area contributed by atoms with E-state index < -0.39 is 12.0 Å². The number of fused-ring (bicyclic) bond motifs is 1. The van der Waals surface area contributed by atoms with Crippen molar-refractivity contribution in [2.24, 2.45) is 4.99 Å². The molecule has 1 aromatic heterocycles. The first-order valence-electron chi connectivity index (χ1n) is 9.44. The second kappa shape index (κ2) is 8.53. The SMILES string of the molecule is COC(=O)C1=C(C)N=c2sc(=Cc3ccccc3OC)c(=O)n2C1c1ccc(Cl)cc1. The zero-order chi connectivity index (χ0) is 22.1. The van der Waals surface area contributed by atoms with Crippen LogP contribution in [-0.4, -0.2) is 24.8 Å². The molecule has 0 fully saturated rings. The standard InChI is InChI=1S/C23H19ClN2O4S/c1-13-19(22(28)30-3)20(14-8-10-16(24)11-9-14)26-21(27)18(31-23(26)25-13)12-15-6-4-5-7-17(15)29-2/h4-12,20H,1-3H3. The topological polar surface area (TPSA) is 69.9 Å². The number of esters is 1. The molecule has 1 aliphatic heterocycles. The molecule has 0 aliphatic carbocycles. The molecule has 0 bridgehead atoms. The van der Waals surface area contributed by atoms with Crippen LogP contribution in [-0.2, 0) is 9.53 Å². The van der Waals surface area contributed by atoms with Gasteiger partial charge in [-0.2, -0.15) is 0 Å². The molecule has 0 N–H and O–H groups in total. The highest BCUT2D eigenvalue weighted by Gasteiger charge is 2.33. The minimum absolute atomic E-state index is 0.247. The number of allylic oxidation sites excluding steroid dienone is 1. The summed E-state index contributed by atoms with van der Waals surface area (Å²) in [4.78, 5) is 31.1. The molecule has 1 atom stereocenters. The van der Waals surface area contributed by atoms with Gasteiger partial charge in [0.25, 0.3) is 5.56 Å². The fourth-order valence-corrected chi connectivity index (χ4v) is 4.74. The van der Waals surface area contributed by atoms with Crippen molar-refractivity contribution in [2.75, 3.05) is 14.2 Å². The van der Waals surface area contributed by atoms with Crippen LogP contribution in [0.4, 0.5) is 0 Å². The van der Waals surface area contributed by atoms with Crippen LogP contribution in [0.5, 0.6) is 5.75 Å². The van der Waals surface area contributed by atoms with Crippen molar-refractivity contribution in [2.45, 2.75) is 13.0 Å². The fraction of sp³-hybridized carbons (Fsp3) is 0.174. The van der Waals surface area contributed by atoms with Crippen molar-refractivity contribution in [3.63, 3.8) is 0 Å². The highest BCUT2D eigenvalue weighted by atomic mass is 35.5. The monoisotopic (exact) mass is 454 g/mol. The van der Waals surface area contributed by atoms with E-state index in [-0.39, 0.29) is 5.56 Å². The Bertz CT molecular complexity index is 1370. The number of methoxy groups -OCH3 is 2. The van der Waals surface area contributed by atoms with Crippen molar-refractivity contribution in [3.8, 4) is 5.75 Å². The van der Waals surface area contributed by atoms with Crippen LogP contribution in [0.3, 0.4) is 0 Å². The molecule has 0 saturated heterocycles. The van der Waals surface area contributed by atoms with E-state index >= 15 is 0 Å². The molecule has 0 radical (unpaired) electrons. The summed E-state index contributed by atoms with van der Waals surface area (Å²) in [7, 11) is 2.90. The molecule has 8 heteroatoms. The molecule has 0 saturated carbocycles. The van der Waals surface area contributed by atoms with E-state index in [1.165, 1.54) is 23.0 Å². The maximum Gasteiger partial charge on any atom is 0.338 e. The van der Waals surface area contributed by atoms with E-state index in [9.17, 15) is 9.59 Å². The van der Waals surface area contributed by atoms with E-state index in [1.807, 2.05) is 24.3 Å². The van der Waals surface area contributed by atoms with E-state index in [0.29, 0.717) is 31.4 Å². The number of thiazole rings is 1. The summed E-state index contributed by atoms with van der Waals surface area (Å²) >= 11 is 7.32. The number of benzene rings is 2. The zero-order valence-electron chi connectivity index (χ0n) is 17.1. The molecule has 0 amide bonds. The lowest BCUT2D eigenvalue weighted by atomic mass is 9.96. The molecule has 3 aromatic rings. The molecule has 2 heterocycles. The number of hydrogen-bond acceptors (Lipinski definition) is 6. The van der Waals surface area contributed by atoms with Crippen molar-refractivity contribution >= 4 is 35.0 Å². The number of aromatic nitrogens is 1. The predicted octanol–water partition coefficient (Wildman–Crippen LogP) is 3.07. The van der Waals surface area contributed by atoms with Gasteiger partial charge in [0.1, 0.15) is 5.75 Å². The van der Waals surface area contributed by atoms with E-state index in [2.05, 4.69) is 4.99 Å². The van der Waals surface area contributed by atoms with Crippen LogP contribution in [0.25, 0.3) is 6.08 Å². The third-order valence-corrected chi connectivity index (χ3v) is 6.27. The number of hydrogen-bond donors (Lipinski definition) is 0. The van der Waals surface area contributed by atoms with Crippen molar-refractivity contribution in [3.05, 3.63) is 95.6 Å². The average Bonchev–Trinajstić information content (AvgIpc) is 3.08. The number of rotatable bonds is 4. The lowest BCUT2D eigenvalue weighted by molar-refractivity contribution is -0.136. The summed E-state index contributed by atoms with van der Waals surface area (Å²) < 4.78 is 12.4. The number of nitrogens with zero attached hydrogens (tertiary/aromatic N) is 2. The molecule has 6 nitrogen and oxygen atoms in total. The van der Waals surface area contributed by atoms with Crippen LogP contribution < -0.4 is 19.6 Å². The molecule has 2 aromatic carbocycles. The number of halogens is 1. The first-order valence-corrected chi connectivity index (χ1v) is 10.6. The average molecular weight is 455 g/mol. The molecule has 0 spiro atoms. The first-order chi connectivity index (χ1) is 14.9. The highest BCUT2D eigenvalue weighted by molar-refractivity contribution is 7.07. The number of para-hydroxylation sites is 1. The van der Waals surface area contributed by atoms with E-state index in [0.717, 1.165) is 11.1 Å². The molecular weight excluding hydrogens is 436 g/mol. The van der Waals surface area contributed by atoms with Gasteiger partial charge < -0.3 is 9.47 Å². The molecule has 158 valence electrons. The molecule has 31 heavy (non-hydrogen) atoms. The quantitative estimate of drug-likeness (QED) is 0.568. The second-order valence-electron chi connectivity index (χ2n) is 6.87. The first kappa shape index (κ1) is 21.1. The summed E-state index contributed by atoms with van der Waals surface area (Å²) in [5.74, 6) is 0.134. The highest BCUT2D eigenvalue weighted by Crippen LogP contribution is 2.31. The number of carbonyl (C=O) groups is 1. The van der Waals surface area contributed by atoms with Gasteiger partial charge >= 0.3 is 5.97 Å². The Kier molecular flexibility index (Phi) is 5.80. The maximum atomic E-state index is 13.5. The van der Waals surface area contributed by atoms with Gasteiger partial charge in [-0.1, -0.05) is 53.3 Å². The summed E-state index contributed by atoms with van der Waals surface area (Å²) in [5, 5.41) is 0.563. The minimum atomic E-state index is -0.666. The summed E-state index contributed by atoms with van der Waals surface area (Å²) in [5.41, 5.74) is 2.10. The summed E-state index contributed by atoms with van der Waals surface area (Å²) in [6, 6.07) is 13.8. The Morgan fingerprint density at radius 2 is 1.87 bits per heavy atom. The Morgan fingerprint density at radius 1 is 1.16 bits per heavy atom. The van der Waals surface area contributed by atoms with Crippen molar-refractivity contribution in [1.82, 2.24) is 4.57 Å². The molecule has 1 unspecified atom stereocenters. The van der Waals surface area contributed by atoms with Gasteiger partial charge in [-0.15, -0.1) is 0 Å². The van der Waals surface area contributed by atoms with Gasteiger partial charge in [-0.3, -0.25) is 9.36 Å². The molecule has 1 aliphatic rings. The van der Waals surface area contributed by atoms with Crippen LogP contribution in [0, 0.1) is 0 Å². The Morgan fingerprint density at radius 3 is 2.55 bits per heavy atom. The lowest BCUT2D eigenvalue weighted by Gasteiger charge is -2.24. The number of ether oxygens (including phenoxy) is 2. The zero-order valence-corrected chi connectivity index (χ0v) is 18.7. The number of carbonyl (C=O) groups excluding carboxylic acids is 1. The van der Waals surface area contributed by atoms with Gasteiger partial charge in [0.15, 0.2) is 4.80 Å². The Labute approximate surface area is 187 Å². The van der Waals surface area contributed by atoms with Gasteiger partial charge in [0.2, 0.25) is 0 Å². The van der Waals surface area contributed by atoms with Crippen molar-refractivity contribution < 1.29 is 14.3 Å². The van der Waals surface area contributed by atoms with Crippen molar-refractivity contribution in [1.29, 1.82) is 0 Å². The van der Waals surface area contributed by atoms with Crippen LogP contribution in [0.15, 0.2) is 69.6 Å². The van der Waals surface area contributed by atoms with Crippen LogP contribution in [0.1, 0.15) is 24.1 Å². The van der Waals surface area contributed by atoms with E-state index in [4.69, 9.17) is 21.1 Å². The van der Waals surface area contributed by atoms with Gasteiger partial charge in [0.05, 0.1) is 36.1 Å². The third-order valence-electron chi connectivity index (χ3n) is 5.04. The predicted molar refractivity (Wildman–Crippen MR) is 120 cm³/mol. The smallest absolute Gasteiger partial charge is 0.338 e.